The molecule has 3 aromatic rings. The van der Waals surface area contributed by atoms with Crippen LogP contribution < -0.4 is 10.1 Å². The van der Waals surface area contributed by atoms with Gasteiger partial charge in [0.05, 0.1) is 11.8 Å². The smallest absolute Gasteiger partial charge is 0.259 e. The molecule has 1 N–H and O–H groups in total. The Labute approximate surface area is 194 Å². The number of hydrogen-bond donors (Lipinski definition) is 1. The molecule has 2 amide bonds. The van der Waals surface area contributed by atoms with Gasteiger partial charge >= 0.3 is 0 Å². The van der Waals surface area contributed by atoms with Crippen molar-refractivity contribution in [1.29, 1.82) is 0 Å². The summed E-state index contributed by atoms with van der Waals surface area (Å²) >= 11 is 3.40. The largest absolute Gasteiger partial charge is 0.438 e. The number of likely N-dealkylation sites (tertiary alicyclic amines) is 1. The molecule has 9 heteroatoms. The van der Waals surface area contributed by atoms with Gasteiger partial charge in [0.1, 0.15) is 11.3 Å². The number of halogens is 1. The van der Waals surface area contributed by atoms with E-state index in [2.05, 4.69) is 31.3 Å². The number of carbonyl (C=O) groups excluding carboxylic acids is 2. The van der Waals surface area contributed by atoms with Gasteiger partial charge in [0.2, 0.25) is 5.88 Å². The van der Waals surface area contributed by atoms with Crippen LogP contribution in [-0.2, 0) is 7.05 Å². The van der Waals surface area contributed by atoms with Crippen molar-refractivity contribution in [3.05, 3.63) is 70.6 Å². The molecule has 1 aromatic carbocycles. The van der Waals surface area contributed by atoms with Gasteiger partial charge in [-0.1, -0.05) is 15.9 Å². The van der Waals surface area contributed by atoms with Crippen molar-refractivity contribution < 1.29 is 14.3 Å². The van der Waals surface area contributed by atoms with Crippen LogP contribution in [0.25, 0.3) is 0 Å². The number of aryl methyl sites for hydroxylation is 1. The number of benzene rings is 1. The average Bonchev–Trinajstić information content (AvgIpc) is 3.26. The van der Waals surface area contributed by atoms with Crippen LogP contribution in [0, 0.1) is 5.92 Å². The third-order valence-corrected chi connectivity index (χ3v) is 5.98. The average molecular weight is 498 g/mol. The maximum atomic E-state index is 13.1. The Morgan fingerprint density at radius 3 is 2.62 bits per heavy atom. The van der Waals surface area contributed by atoms with Gasteiger partial charge in [-0.05, 0) is 55.2 Å². The molecule has 1 aliphatic rings. The molecular weight excluding hydrogens is 474 g/mol. The van der Waals surface area contributed by atoms with Crippen molar-refractivity contribution in [1.82, 2.24) is 25.0 Å². The lowest BCUT2D eigenvalue weighted by molar-refractivity contribution is 0.0681. The van der Waals surface area contributed by atoms with Gasteiger partial charge in [-0.25, -0.2) is 4.98 Å². The predicted octanol–water partition coefficient (Wildman–Crippen LogP) is 3.65. The number of pyridine rings is 1. The van der Waals surface area contributed by atoms with Crippen LogP contribution in [0.3, 0.4) is 0 Å². The molecule has 0 bridgehead atoms. The van der Waals surface area contributed by atoms with Crippen molar-refractivity contribution in [2.45, 2.75) is 12.8 Å². The van der Waals surface area contributed by atoms with Crippen LogP contribution in [0.4, 0.5) is 0 Å². The molecule has 3 heterocycles. The minimum atomic E-state index is -0.123. The molecule has 0 aliphatic carbocycles. The summed E-state index contributed by atoms with van der Waals surface area (Å²) in [6, 6.07) is 10.9. The van der Waals surface area contributed by atoms with E-state index in [9.17, 15) is 9.59 Å². The lowest BCUT2D eigenvalue weighted by atomic mass is 9.96. The molecular formula is C23H24BrN5O3. The molecule has 4 rings (SSSR count). The number of hydrogen-bond acceptors (Lipinski definition) is 5. The minimum absolute atomic E-state index is 0.0944. The summed E-state index contributed by atoms with van der Waals surface area (Å²) in [6.07, 6.45) is 6.50. The van der Waals surface area contributed by atoms with Crippen molar-refractivity contribution in [2.24, 2.45) is 13.0 Å². The molecule has 1 fully saturated rings. The van der Waals surface area contributed by atoms with Gasteiger partial charge in [-0.15, -0.1) is 0 Å². The molecule has 8 nitrogen and oxygen atoms in total. The van der Waals surface area contributed by atoms with Crippen LogP contribution in [0.2, 0.25) is 0 Å². The predicted molar refractivity (Wildman–Crippen MR) is 123 cm³/mol. The van der Waals surface area contributed by atoms with Gasteiger partial charge < -0.3 is 15.0 Å². The first-order valence-corrected chi connectivity index (χ1v) is 11.2. The van der Waals surface area contributed by atoms with Crippen molar-refractivity contribution in [3.63, 3.8) is 0 Å². The second kappa shape index (κ2) is 9.95. The second-order valence-corrected chi connectivity index (χ2v) is 8.68. The third-order valence-electron chi connectivity index (χ3n) is 5.45. The standard InChI is InChI=1S/C23H24BrN5O3/c1-28-15-17(14-27-28)21(30)26-13-16-8-11-29(12-9-16)23(31)20-3-2-10-25-22(20)32-19-6-4-18(24)5-7-19/h2-7,10,14-16H,8-9,11-13H2,1H3,(H,26,30). The SMILES string of the molecule is Cn1cc(C(=O)NCC2CCN(C(=O)c3cccnc3Oc3ccc(Br)cc3)CC2)cn1. The fourth-order valence-electron chi connectivity index (χ4n) is 3.64. The monoisotopic (exact) mass is 497 g/mol. The molecule has 0 saturated carbocycles. The van der Waals surface area contributed by atoms with Gasteiger partial charge in [0.15, 0.2) is 0 Å². The van der Waals surface area contributed by atoms with E-state index in [1.54, 1.807) is 42.5 Å². The first kappa shape index (κ1) is 22.0. The van der Waals surface area contributed by atoms with Gasteiger partial charge in [0.25, 0.3) is 11.8 Å². The van der Waals surface area contributed by atoms with Gasteiger partial charge in [-0.2, -0.15) is 5.10 Å². The highest BCUT2D eigenvalue weighted by atomic mass is 79.9. The zero-order chi connectivity index (χ0) is 22.5. The zero-order valence-corrected chi connectivity index (χ0v) is 19.3. The summed E-state index contributed by atoms with van der Waals surface area (Å²) in [5.41, 5.74) is 0.994. The number of aromatic nitrogens is 3. The summed E-state index contributed by atoms with van der Waals surface area (Å²) in [4.78, 5) is 31.5. The van der Waals surface area contributed by atoms with Crippen LogP contribution in [0.5, 0.6) is 11.6 Å². The lowest BCUT2D eigenvalue weighted by Gasteiger charge is -2.32. The highest BCUT2D eigenvalue weighted by molar-refractivity contribution is 9.10. The number of nitrogens with zero attached hydrogens (tertiary/aromatic N) is 4. The number of nitrogens with one attached hydrogen (secondary N) is 1. The van der Waals surface area contributed by atoms with Gasteiger partial charge in [0, 0.05) is 43.5 Å². The normalized spacial score (nSPS) is 14.2. The van der Waals surface area contributed by atoms with Gasteiger partial charge in [-0.3, -0.25) is 14.3 Å². The van der Waals surface area contributed by atoms with Crippen LogP contribution in [0.1, 0.15) is 33.6 Å². The molecule has 1 saturated heterocycles. The lowest BCUT2D eigenvalue weighted by Crippen LogP contribution is -2.41. The molecule has 0 unspecified atom stereocenters. The summed E-state index contributed by atoms with van der Waals surface area (Å²) < 4.78 is 8.42. The fraction of sp³-hybridized carbons (Fsp3) is 0.304. The quantitative estimate of drug-likeness (QED) is 0.561. The van der Waals surface area contributed by atoms with E-state index in [1.807, 2.05) is 29.2 Å². The fourth-order valence-corrected chi connectivity index (χ4v) is 3.90. The Balaban J connectivity index is 1.32. The van der Waals surface area contributed by atoms with E-state index >= 15 is 0 Å². The Kier molecular flexibility index (Phi) is 6.84. The summed E-state index contributed by atoms with van der Waals surface area (Å²) in [5.74, 6) is 1.02. The van der Waals surface area contributed by atoms with Crippen LogP contribution in [-0.4, -0.2) is 51.1 Å². The highest BCUT2D eigenvalue weighted by Gasteiger charge is 2.26. The number of rotatable bonds is 6. The number of piperidine rings is 1. The first-order valence-electron chi connectivity index (χ1n) is 10.4. The van der Waals surface area contributed by atoms with E-state index in [-0.39, 0.29) is 11.8 Å². The Morgan fingerprint density at radius 1 is 1.19 bits per heavy atom. The van der Waals surface area contributed by atoms with Crippen LogP contribution in [0.15, 0.2) is 59.5 Å². The molecule has 0 radical (unpaired) electrons. The van der Waals surface area contributed by atoms with Crippen molar-refractivity contribution >= 4 is 27.7 Å². The second-order valence-electron chi connectivity index (χ2n) is 7.76. The molecule has 32 heavy (non-hydrogen) atoms. The number of amides is 2. The third kappa shape index (κ3) is 5.34. The summed E-state index contributed by atoms with van der Waals surface area (Å²) in [7, 11) is 1.78. The van der Waals surface area contributed by atoms with Crippen LogP contribution >= 0.6 is 15.9 Å². The van der Waals surface area contributed by atoms with E-state index in [4.69, 9.17) is 4.74 Å². The Morgan fingerprint density at radius 2 is 1.94 bits per heavy atom. The maximum Gasteiger partial charge on any atom is 0.259 e. The first-order chi connectivity index (χ1) is 15.5. The molecule has 0 atom stereocenters. The van der Waals surface area contributed by atoms with E-state index in [0.717, 1.165) is 17.3 Å². The Bertz CT molecular complexity index is 1090. The Hall–Kier alpha value is -3.20. The van der Waals surface area contributed by atoms with Crippen molar-refractivity contribution in [3.8, 4) is 11.6 Å². The number of carbonyl (C=O) groups is 2. The zero-order valence-electron chi connectivity index (χ0n) is 17.7. The molecule has 1 aliphatic heterocycles. The molecule has 2 aromatic heterocycles. The highest BCUT2D eigenvalue weighted by Crippen LogP contribution is 2.27. The topological polar surface area (TPSA) is 89.4 Å². The maximum absolute atomic E-state index is 13.1. The van der Waals surface area contributed by atoms with E-state index in [0.29, 0.717) is 48.3 Å². The van der Waals surface area contributed by atoms with Crippen molar-refractivity contribution in [2.75, 3.05) is 19.6 Å². The molecule has 0 spiro atoms. The number of ether oxygens (including phenoxy) is 1. The van der Waals surface area contributed by atoms with E-state index in [1.165, 1.54) is 0 Å². The molecule has 166 valence electrons. The minimum Gasteiger partial charge on any atom is -0.438 e. The summed E-state index contributed by atoms with van der Waals surface area (Å²) in [6.45, 7) is 1.83. The summed E-state index contributed by atoms with van der Waals surface area (Å²) in [5, 5.41) is 6.99. The van der Waals surface area contributed by atoms with E-state index < -0.39 is 0 Å².